The molecule has 0 spiro atoms. The van der Waals surface area contributed by atoms with Gasteiger partial charge in [-0.05, 0) is 30.2 Å². The normalized spacial score (nSPS) is 15.3. The third kappa shape index (κ3) is 3.03. The van der Waals surface area contributed by atoms with Crippen LogP contribution in [0.3, 0.4) is 0 Å². The van der Waals surface area contributed by atoms with E-state index in [0.29, 0.717) is 12.4 Å². The molecule has 1 aliphatic heterocycles. The summed E-state index contributed by atoms with van der Waals surface area (Å²) in [5.74, 6) is 2.20. The fourth-order valence-electron chi connectivity index (χ4n) is 3.13. The number of allylic oxidation sites excluding steroid dienone is 3. The van der Waals surface area contributed by atoms with Gasteiger partial charge in [-0.3, -0.25) is 9.69 Å². The monoisotopic (exact) mass is 333 g/mol. The molecule has 0 fully saturated rings. The fourth-order valence-corrected chi connectivity index (χ4v) is 3.13. The topological polar surface area (TPSA) is 38.8 Å². The molecule has 25 heavy (non-hydrogen) atoms. The highest BCUT2D eigenvalue weighted by Gasteiger charge is 2.29. The molecule has 0 N–H and O–H groups in total. The van der Waals surface area contributed by atoms with Crippen LogP contribution in [0.2, 0.25) is 0 Å². The number of hydrogen-bond acceptors (Lipinski definition) is 3. The van der Waals surface area contributed by atoms with E-state index in [1.165, 1.54) is 0 Å². The zero-order valence-electron chi connectivity index (χ0n) is 14.1. The lowest BCUT2D eigenvalue weighted by Gasteiger charge is -2.33. The predicted octanol–water partition coefficient (Wildman–Crippen LogP) is 4.57. The van der Waals surface area contributed by atoms with Gasteiger partial charge in [-0.2, -0.15) is 0 Å². The molecule has 4 nitrogen and oxygen atoms in total. The number of hydrogen-bond donors (Lipinski definition) is 0. The summed E-state index contributed by atoms with van der Waals surface area (Å²) in [6.45, 7) is 2.06. The summed E-state index contributed by atoms with van der Waals surface area (Å²) in [4.78, 5) is 13.9. The molecule has 2 aromatic rings. The number of carbonyl (C=O) groups excluding carboxylic acids is 1. The average Bonchev–Trinajstić information content (AvgIpc) is 2.64. The molecule has 1 heterocycles. The van der Waals surface area contributed by atoms with Gasteiger partial charge in [0.25, 0.3) is 0 Å². The minimum absolute atomic E-state index is 0.0263. The average molecular weight is 333 g/mol. The number of benzene rings is 2. The Morgan fingerprint density at radius 2 is 2.04 bits per heavy atom. The maximum absolute atomic E-state index is 12.2. The van der Waals surface area contributed by atoms with Gasteiger partial charge in [-0.1, -0.05) is 36.4 Å². The van der Waals surface area contributed by atoms with E-state index in [4.69, 9.17) is 9.47 Å². The summed E-state index contributed by atoms with van der Waals surface area (Å²) in [6.07, 6.45) is 5.75. The van der Waals surface area contributed by atoms with E-state index >= 15 is 0 Å². The summed E-state index contributed by atoms with van der Waals surface area (Å²) in [5, 5.41) is 0. The van der Waals surface area contributed by atoms with E-state index in [2.05, 4.69) is 6.08 Å². The molecule has 2 aromatic carbocycles. The van der Waals surface area contributed by atoms with E-state index in [1.54, 1.807) is 11.8 Å². The fraction of sp³-hybridized carbons (Fsp3) is 0.190. The van der Waals surface area contributed by atoms with Crippen molar-refractivity contribution >= 4 is 11.6 Å². The lowest BCUT2D eigenvalue weighted by Crippen LogP contribution is -2.32. The van der Waals surface area contributed by atoms with Crippen LogP contribution >= 0.6 is 0 Å². The van der Waals surface area contributed by atoms with Crippen LogP contribution in [0, 0.1) is 0 Å². The summed E-state index contributed by atoms with van der Waals surface area (Å²) >= 11 is 0. The van der Waals surface area contributed by atoms with Gasteiger partial charge in [0.15, 0.2) is 5.75 Å². The molecule has 1 aliphatic carbocycles. The van der Waals surface area contributed by atoms with Gasteiger partial charge in [-0.15, -0.1) is 0 Å². The number of fused-ring (bicyclic) bond motifs is 1. The third-order valence-corrected chi connectivity index (χ3v) is 4.31. The van der Waals surface area contributed by atoms with Crippen LogP contribution in [0.1, 0.15) is 25.3 Å². The van der Waals surface area contributed by atoms with Gasteiger partial charge >= 0.3 is 0 Å². The van der Waals surface area contributed by atoms with Crippen LogP contribution in [-0.2, 0) is 11.4 Å². The summed E-state index contributed by atoms with van der Waals surface area (Å²) < 4.78 is 11.9. The molecular weight excluding hydrogens is 314 g/mol. The van der Waals surface area contributed by atoms with E-state index in [-0.39, 0.29) is 5.91 Å². The third-order valence-electron chi connectivity index (χ3n) is 4.31. The highest BCUT2D eigenvalue weighted by Crippen LogP contribution is 2.42. The van der Waals surface area contributed by atoms with E-state index < -0.39 is 0 Å². The Bertz CT molecular complexity index is 868. The zero-order chi connectivity index (χ0) is 17.2. The van der Waals surface area contributed by atoms with Crippen molar-refractivity contribution < 1.29 is 14.3 Å². The summed E-state index contributed by atoms with van der Waals surface area (Å²) in [7, 11) is 0. The van der Waals surface area contributed by atoms with E-state index in [0.717, 1.165) is 41.3 Å². The molecule has 0 saturated carbocycles. The molecule has 0 aromatic heterocycles. The lowest BCUT2D eigenvalue weighted by molar-refractivity contribution is -0.116. The van der Waals surface area contributed by atoms with Crippen LogP contribution in [0.4, 0.5) is 5.69 Å². The number of ether oxygens (including phenoxy) is 2. The number of anilines is 1. The molecule has 0 bridgehead atoms. The first kappa shape index (κ1) is 15.5. The maximum atomic E-state index is 12.2. The number of rotatable bonds is 3. The number of amides is 1. The van der Waals surface area contributed by atoms with Crippen LogP contribution in [-0.4, -0.2) is 5.91 Å². The smallest absolute Gasteiger partial charge is 0.228 e. The number of carbonyl (C=O) groups is 1. The van der Waals surface area contributed by atoms with Crippen molar-refractivity contribution in [3.63, 3.8) is 0 Å². The molecule has 126 valence electrons. The lowest BCUT2D eigenvalue weighted by atomic mass is 10.1. The first-order valence-corrected chi connectivity index (χ1v) is 8.41. The van der Waals surface area contributed by atoms with Crippen LogP contribution in [0.5, 0.6) is 11.5 Å². The highest BCUT2D eigenvalue weighted by atomic mass is 16.5. The zero-order valence-corrected chi connectivity index (χ0v) is 14.1. The molecule has 0 radical (unpaired) electrons. The Kier molecular flexibility index (Phi) is 4.02. The van der Waals surface area contributed by atoms with Crippen molar-refractivity contribution in [2.75, 3.05) is 4.90 Å². The highest BCUT2D eigenvalue weighted by molar-refractivity contribution is 5.98. The Labute approximate surface area is 147 Å². The molecular formula is C21H19NO3. The number of nitrogens with zero attached hydrogens (tertiary/aromatic N) is 1. The van der Waals surface area contributed by atoms with Crippen LogP contribution in [0.15, 0.2) is 72.1 Å². The Balaban J connectivity index is 1.61. The quantitative estimate of drug-likeness (QED) is 0.826. The van der Waals surface area contributed by atoms with Crippen molar-refractivity contribution in [3.05, 3.63) is 77.7 Å². The van der Waals surface area contributed by atoms with Gasteiger partial charge < -0.3 is 9.47 Å². The Morgan fingerprint density at radius 3 is 2.84 bits per heavy atom. The van der Waals surface area contributed by atoms with Crippen molar-refractivity contribution in [1.29, 1.82) is 0 Å². The molecule has 2 aliphatic rings. The maximum Gasteiger partial charge on any atom is 0.228 e. The van der Waals surface area contributed by atoms with E-state index in [9.17, 15) is 4.79 Å². The van der Waals surface area contributed by atoms with Gasteiger partial charge in [0.05, 0.1) is 11.4 Å². The molecule has 0 saturated heterocycles. The molecule has 1 amide bonds. The second kappa shape index (κ2) is 6.48. The minimum atomic E-state index is -0.0263. The van der Waals surface area contributed by atoms with Gasteiger partial charge in [0, 0.05) is 19.4 Å². The molecule has 4 heteroatoms. The van der Waals surface area contributed by atoms with Crippen LogP contribution < -0.4 is 14.4 Å². The second-order valence-electron chi connectivity index (χ2n) is 6.11. The largest absolute Gasteiger partial charge is 0.489 e. The standard InChI is InChI=1S/C21H19NO3/c1-15(23)22-18-9-5-6-10-20(18)25-21-13-17(11-12-19(21)22)24-14-16-7-3-2-4-8-16/h2-5,7-9,11-13H,6,10,14H2,1H3. The molecule has 0 atom stereocenters. The summed E-state index contributed by atoms with van der Waals surface area (Å²) in [6, 6.07) is 15.6. The Hall–Kier alpha value is -3.01. The first-order chi connectivity index (χ1) is 12.2. The SMILES string of the molecule is CC(=O)N1C2=C(CCC=C2)Oc2cc(OCc3ccccc3)ccc21. The summed E-state index contributed by atoms with van der Waals surface area (Å²) in [5.41, 5.74) is 2.70. The van der Waals surface area contributed by atoms with Crippen molar-refractivity contribution in [1.82, 2.24) is 0 Å². The molecule has 4 rings (SSSR count). The molecule has 0 unspecified atom stereocenters. The minimum Gasteiger partial charge on any atom is -0.489 e. The van der Waals surface area contributed by atoms with Gasteiger partial charge in [-0.25, -0.2) is 0 Å². The first-order valence-electron chi connectivity index (χ1n) is 8.41. The Morgan fingerprint density at radius 1 is 1.20 bits per heavy atom. The van der Waals surface area contributed by atoms with Crippen LogP contribution in [0.25, 0.3) is 0 Å². The van der Waals surface area contributed by atoms with Gasteiger partial charge in [0.1, 0.15) is 18.1 Å². The van der Waals surface area contributed by atoms with Crippen molar-refractivity contribution in [3.8, 4) is 11.5 Å². The van der Waals surface area contributed by atoms with Crippen molar-refractivity contribution in [2.24, 2.45) is 0 Å². The second-order valence-corrected chi connectivity index (χ2v) is 6.11. The van der Waals surface area contributed by atoms with Gasteiger partial charge in [0.2, 0.25) is 5.91 Å². The van der Waals surface area contributed by atoms with E-state index in [1.807, 2.05) is 54.6 Å². The van der Waals surface area contributed by atoms with Crippen molar-refractivity contribution in [2.45, 2.75) is 26.4 Å². The predicted molar refractivity (Wildman–Crippen MR) is 96.4 cm³/mol.